The first-order chi connectivity index (χ1) is 7.12. The van der Waals surface area contributed by atoms with Crippen molar-refractivity contribution >= 4 is 0 Å². The van der Waals surface area contributed by atoms with Crippen LogP contribution in [0, 0.1) is 0 Å². The zero-order valence-electron chi connectivity index (χ0n) is 9.66. The summed E-state index contributed by atoms with van der Waals surface area (Å²) in [5, 5.41) is 3.28. The molecule has 0 aromatic carbocycles. The molecule has 1 N–H and O–H groups in total. The number of rotatable bonds is 4. The molecule has 0 bridgehead atoms. The predicted molar refractivity (Wildman–Crippen MR) is 58.9 cm³/mol. The lowest BCUT2D eigenvalue weighted by molar-refractivity contribution is 0.00722. The lowest BCUT2D eigenvalue weighted by atomic mass is 9.99. The SMILES string of the molecule is COC(C)(C)Cn1cncc1C1CNC1. The summed E-state index contributed by atoms with van der Waals surface area (Å²) in [6, 6.07) is 0. The molecule has 0 atom stereocenters. The molecule has 4 heteroatoms. The van der Waals surface area contributed by atoms with Gasteiger partial charge in [0, 0.05) is 38.0 Å². The Morgan fingerprint density at radius 1 is 1.60 bits per heavy atom. The maximum atomic E-state index is 5.43. The van der Waals surface area contributed by atoms with Crippen LogP contribution in [0.15, 0.2) is 12.5 Å². The van der Waals surface area contributed by atoms with E-state index in [1.54, 1.807) is 7.11 Å². The molecule has 15 heavy (non-hydrogen) atoms. The van der Waals surface area contributed by atoms with Crippen molar-refractivity contribution in [2.24, 2.45) is 0 Å². The first-order valence-electron chi connectivity index (χ1n) is 5.38. The van der Waals surface area contributed by atoms with Gasteiger partial charge in [-0.25, -0.2) is 4.98 Å². The summed E-state index contributed by atoms with van der Waals surface area (Å²) in [5.41, 5.74) is 1.19. The minimum absolute atomic E-state index is 0.132. The third-order valence-corrected chi connectivity index (χ3v) is 3.05. The van der Waals surface area contributed by atoms with E-state index in [2.05, 4.69) is 28.7 Å². The van der Waals surface area contributed by atoms with Crippen molar-refractivity contribution in [2.45, 2.75) is 31.9 Å². The second-order valence-corrected chi connectivity index (χ2v) is 4.77. The Bertz CT molecular complexity index is 328. The van der Waals surface area contributed by atoms with E-state index >= 15 is 0 Å². The molecule has 0 unspecified atom stereocenters. The molecule has 1 aromatic heterocycles. The van der Waals surface area contributed by atoms with Gasteiger partial charge in [0.25, 0.3) is 0 Å². The van der Waals surface area contributed by atoms with Crippen LogP contribution < -0.4 is 5.32 Å². The maximum absolute atomic E-state index is 5.43. The van der Waals surface area contributed by atoms with Crippen LogP contribution in [-0.2, 0) is 11.3 Å². The fraction of sp³-hybridized carbons (Fsp3) is 0.727. The zero-order chi connectivity index (χ0) is 10.9. The molecule has 1 aromatic rings. The highest BCUT2D eigenvalue weighted by Gasteiger charge is 2.25. The molecule has 84 valence electrons. The van der Waals surface area contributed by atoms with Crippen molar-refractivity contribution in [2.75, 3.05) is 20.2 Å². The summed E-state index contributed by atoms with van der Waals surface area (Å²) in [4.78, 5) is 4.22. The topological polar surface area (TPSA) is 39.1 Å². The Labute approximate surface area is 90.6 Å². The third-order valence-electron chi connectivity index (χ3n) is 3.05. The summed E-state index contributed by atoms with van der Waals surface area (Å²) in [7, 11) is 1.75. The second kappa shape index (κ2) is 3.94. The van der Waals surface area contributed by atoms with Gasteiger partial charge in [-0.2, -0.15) is 0 Å². The van der Waals surface area contributed by atoms with Crippen LogP contribution in [0.5, 0.6) is 0 Å². The summed E-state index contributed by atoms with van der Waals surface area (Å²) in [6.07, 6.45) is 3.87. The van der Waals surface area contributed by atoms with Gasteiger partial charge in [0.05, 0.1) is 18.5 Å². The Kier molecular flexibility index (Phi) is 2.80. The molecule has 1 aliphatic rings. The number of hydrogen-bond donors (Lipinski definition) is 1. The predicted octanol–water partition coefficient (Wildman–Crippen LogP) is 0.995. The Morgan fingerprint density at radius 2 is 2.33 bits per heavy atom. The Hall–Kier alpha value is -0.870. The average molecular weight is 209 g/mol. The molecule has 2 rings (SSSR count). The maximum Gasteiger partial charge on any atom is 0.0949 e. The normalized spacial score (nSPS) is 17.8. The molecule has 1 fully saturated rings. The van der Waals surface area contributed by atoms with Crippen molar-refractivity contribution in [1.29, 1.82) is 0 Å². The molecule has 0 radical (unpaired) electrons. The Morgan fingerprint density at radius 3 is 2.87 bits per heavy atom. The molecule has 0 amide bonds. The highest BCUT2D eigenvalue weighted by molar-refractivity contribution is 5.12. The van der Waals surface area contributed by atoms with Gasteiger partial charge in [-0.3, -0.25) is 0 Å². The standard InChI is InChI=1S/C11H19N3O/c1-11(2,15-3)7-14-8-13-6-10(14)9-4-12-5-9/h6,8-9,12H,4-5,7H2,1-3H3. The number of hydrogen-bond acceptors (Lipinski definition) is 3. The van der Waals surface area contributed by atoms with Gasteiger partial charge in [0.2, 0.25) is 0 Å². The lowest BCUT2D eigenvalue weighted by Crippen LogP contribution is -2.41. The number of aromatic nitrogens is 2. The largest absolute Gasteiger partial charge is 0.377 e. The summed E-state index contributed by atoms with van der Waals surface area (Å²) in [5.74, 6) is 0.625. The van der Waals surface area contributed by atoms with Gasteiger partial charge < -0.3 is 14.6 Å². The van der Waals surface area contributed by atoms with E-state index in [-0.39, 0.29) is 5.60 Å². The number of nitrogens with zero attached hydrogens (tertiary/aromatic N) is 2. The van der Waals surface area contributed by atoms with E-state index in [1.165, 1.54) is 5.69 Å². The van der Waals surface area contributed by atoms with E-state index in [0.717, 1.165) is 19.6 Å². The van der Waals surface area contributed by atoms with Crippen molar-refractivity contribution in [3.05, 3.63) is 18.2 Å². The van der Waals surface area contributed by atoms with E-state index in [9.17, 15) is 0 Å². The van der Waals surface area contributed by atoms with Crippen LogP contribution in [0.4, 0.5) is 0 Å². The molecule has 0 aliphatic carbocycles. The minimum Gasteiger partial charge on any atom is -0.377 e. The van der Waals surface area contributed by atoms with Crippen LogP contribution in [-0.4, -0.2) is 35.4 Å². The van der Waals surface area contributed by atoms with Crippen LogP contribution in [0.3, 0.4) is 0 Å². The third kappa shape index (κ3) is 2.21. The van der Waals surface area contributed by atoms with Crippen molar-refractivity contribution in [1.82, 2.24) is 14.9 Å². The smallest absolute Gasteiger partial charge is 0.0949 e. The second-order valence-electron chi connectivity index (χ2n) is 4.77. The molecular formula is C11H19N3O. The summed E-state index contributed by atoms with van der Waals surface area (Å²) >= 11 is 0. The highest BCUT2D eigenvalue weighted by atomic mass is 16.5. The van der Waals surface area contributed by atoms with E-state index in [0.29, 0.717) is 5.92 Å². The molecule has 0 spiro atoms. The number of nitrogens with one attached hydrogen (secondary N) is 1. The average Bonchev–Trinajstić information content (AvgIpc) is 2.50. The highest BCUT2D eigenvalue weighted by Crippen LogP contribution is 2.21. The fourth-order valence-electron chi connectivity index (χ4n) is 1.78. The molecule has 4 nitrogen and oxygen atoms in total. The molecular weight excluding hydrogens is 190 g/mol. The number of imidazole rings is 1. The van der Waals surface area contributed by atoms with Gasteiger partial charge in [-0.15, -0.1) is 0 Å². The fourth-order valence-corrected chi connectivity index (χ4v) is 1.78. The van der Waals surface area contributed by atoms with Crippen LogP contribution >= 0.6 is 0 Å². The van der Waals surface area contributed by atoms with E-state index in [4.69, 9.17) is 4.74 Å². The monoisotopic (exact) mass is 209 g/mol. The van der Waals surface area contributed by atoms with Crippen LogP contribution in [0.2, 0.25) is 0 Å². The lowest BCUT2D eigenvalue weighted by Gasteiger charge is -2.30. The van der Waals surface area contributed by atoms with Gasteiger partial charge in [0.1, 0.15) is 0 Å². The van der Waals surface area contributed by atoms with Gasteiger partial charge in [-0.05, 0) is 13.8 Å². The minimum atomic E-state index is -0.132. The molecule has 1 aliphatic heterocycles. The van der Waals surface area contributed by atoms with Gasteiger partial charge in [0.15, 0.2) is 0 Å². The van der Waals surface area contributed by atoms with Crippen LogP contribution in [0.1, 0.15) is 25.5 Å². The molecule has 2 heterocycles. The van der Waals surface area contributed by atoms with E-state index in [1.807, 2.05) is 12.5 Å². The first-order valence-corrected chi connectivity index (χ1v) is 5.38. The van der Waals surface area contributed by atoms with Crippen molar-refractivity contribution in [3.63, 3.8) is 0 Å². The van der Waals surface area contributed by atoms with Gasteiger partial charge >= 0.3 is 0 Å². The van der Waals surface area contributed by atoms with Crippen LogP contribution in [0.25, 0.3) is 0 Å². The first kappa shape index (κ1) is 10.6. The summed E-state index contributed by atoms with van der Waals surface area (Å²) < 4.78 is 7.64. The summed E-state index contributed by atoms with van der Waals surface area (Å²) in [6.45, 7) is 7.18. The molecule has 1 saturated heterocycles. The van der Waals surface area contributed by atoms with Crippen molar-refractivity contribution < 1.29 is 4.74 Å². The van der Waals surface area contributed by atoms with Crippen molar-refractivity contribution in [3.8, 4) is 0 Å². The zero-order valence-corrected chi connectivity index (χ0v) is 9.66. The van der Waals surface area contributed by atoms with Gasteiger partial charge in [-0.1, -0.05) is 0 Å². The number of methoxy groups -OCH3 is 1. The quantitative estimate of drug-likeness (QED) is 0.804. The van der Waals surface area contributed by atoms with E-state index < -0.39 is 0 Å². The Balaban J connectivity index is 2.10. The number of ether oxygens (including phenoxy) is 1. The molecule has 0 saturated carbocycles.